The first-order chi connectivity index (χ1) is 21.7. The predicted molar refractivity (Wildman–Crippen MR) is 200 cm³/mol. The molecule has 0 radical (unpaired) electrons. The Bertz CT molecular complexity index is 1890. The molecular formula is C42H46N4. The van der Waals surface area contributed by atoms with Crippen LogP contribution in [0.3, 0.4) is 0 Å². The molecule has 0 unspecified atom stereocenters. The number of aliphatic imine (C=N–C) groups is 2. The van der Waals surface area contributed by atoms with E-state index in [0.29, 0.717) is 0 Å². The fraction of sp³-hybridized carbons (Fsp3) is 0.333. The van der Waals surface area contributed by atoms with Gasteiger partial charge in [0.1, 0.15) is 11.7 Å². The molecule has 0 saturated carbocycles. The maximum Gasteiger partial charge on any atom is 0.102 e. The Morgan fingerprint density at radius 2 is 0.761 bits per heavy atom. The largest absolute Gasteiger partial charge is 0.322 e. The van der Waals surface area contributed by atoms with Gasteiger partial charge in [-0.3, -0.25) is 9.98 Å². The molecule has 46 heavy (non-hydrogen) atoms. The van der Waals surface area contributed by atoms with E-state index in [2.05, 4.69) is 176 Å². The van der Waals surface area contributed by atoms with Crippen LogP contribution in [0.2, 0.25) is 0 Å². The van der Waals surface area contributed by atoms with Gasteiger partial charge in [-0.25, -0.2) is 0 Å². The standard InChI is InChI=1S/C42H46N4/c1-27-43-39(3,4)41(7,8)45(27)31-19-15-17-29(25-31)37-33-21-11-13-23-35(33)38(36-24-14-12-22-34(36)37)30-18-16-20-32(26-30)46-28(2)44-40(5,6)42(46,9)10/h11-26H,1-10H3. The molecule has 2 aliphatic heterocycles. The lowest BCUT2D eigenvalue weighted by atomic mass is 9.82. The highest BCUT2D eigenvalue weighted by Gasteiger charge is 2.49. The van der Waals surface area contributed by atoms with Crippen molar-refractivity contribution in [3.63, 3.8) is 0 Å². The smallest absolute Gasteiger partial charge is 0.102 e. The first kappa shape index (κ1) is 30.2. The van der Waals surface area contributed by atoms with E-state index in [1.165, 1.54) is 55.2 Å². The van der Waals surface area contributed by atoms with Crippen molar-refractivity contribution >= 4 is 44.6 Å². The van der Waals surface area contributed by atoms with Crippen LogP contribution in [0.1, 0.15) is 69.2 Å². The zero-order valence-electron chi connectivity index (χ0n) is 29.0. The van der Waals surface area contributed by atoms with Crippen molar-refractivity contribution < 1.29 is 0 Å². The Kier molecular flexibility index (Phi) is 6.59. The van der Waals surface area contributed by atoms with E-state index >= 15 is 0 Å². The Hall–Kier alpha value is -4.44. The molecule has 0 N–H and O–H groups in total. The highest BCUT2D eigenvalue weighted by Crippen LogP contribution is 2.47. The van der Waals surface area contributed by atoms with E-state index < -0.39 is 0 Å². The van der Waals surface area contributed by atoms with Crippen LogP contribution in [-0.4, -0.2) is 33.8 Å². The summed E-state index contributed by atoms with van der Waals surface area (Å²) in [4.78, 5) is 15.0. The number of benzene rings is 5. The molecule has 0 amide bonds. The van der Waals surface area contributed by atoms with Gasteiger partial charge in [0, 0.05) is 11.4 Å². The Balaban J connectivity index is 1.44. The van der Waals surface area contributed by atoms with E-state index in [0.717, 1.165) is 11.7 Å². The average Bonchev–Trinajstić information content (AvgIpc) is 3.27. The zero-order valence-corrected chi connectivity index (χ0v) is 29.0. The number of hydrogen-bond acceptors (Lipinski definition) is 4. The summed E-state index contributed by atoms with van der Waals surface area (Å²) in [5, 5.41) is 5.02. The monoisotopic (exact) mass is 606 g/mol. The van der Waals surface area contributed by atoms with Crippen molar-refractivity contribution in [2.75, 3.05) is 9.80 Å². The Morgan fingerprint density at radius 1 is 0.435 bits per heavy atom. The maximum absolute atomic E-state index is 5.07. The highest BCUT2D eigenvalue weighted by atomic mass is 15.3. The summed E-state index contributed by atoms with van der Waals surface area (Å²) >= 11 is 0. The minimum atomic E-state index is -0.187. The van der Waals surface area contributed by atoms with Crippen LogP contribution in [0.25, 0.3) is 43.8 Å². The van der Waals surface area contributed by atoms with Crippen LogP contribution in [0.5, 0.6) is 0 Å². The minimum Gasteiger partial charge on any atom is -0.322 e. The third kappa shape index (κ3) is 4.26. The molecule has 4 nitrogen and oxygen atoms in total. The maximum atomic E-state index is 5.07. The average molecular weight is 607 g/mol. The van der Waals surface area contributed by atoms with E-state index in [1.54, 1.807) is 0 Å². The summed E-state index contributed by atoms with van der Waals surface area (Å²) < 4.78 is 0. The van der Waals surface area contributed by atoms with Gasteiger partial charge >= 0.3 is 0 Å². The number of hydrogen-bond donors (Lipinski definition) is 0. The summed E-state index contributed by atoms with van der Waals surface area (Å²) in [6.45, 7) is 22.4. The summed E-state index contributed by atoms with van der Waals surface area (Å²) in [7, 11) is 0. The second-order valence-corrected chi connectivity index (χ2v) is 15.2. The molecule has 0 aliphatic carbocycles. The van der Waals surface area contributed by atoms with Gasteiger partial charge in [0.2, 0.25) is 0 Å². The van der Waals surface area contributed by atoms with Crippen LogP contribution in [0.15, 0.2) is 107 Å². The van der Waals surface area contributed by atoms with Crippen LogP contribution in [0.4, 0.5) is 11.4 Å². The van der Waals surface area contributed by atoms with Gasteiger partial charge in [0.15, 0.2) is 0 Å². The van der Waals surface area contributed by atoms with Gasteiger partial charge in [-0.2, -0.15) is 0 Å². The van der Waals surface area contributed by atoms with E-state index in [9.17, 15) is 0 Å². The van der Waals surface area contributed by atoms with Crippen LogP contribution in [-0.2, 0) is 0 Å². The van der Waals surface area contributed by atoms with Crippen LogP contribution in [0, 0.1) is 0 Å². The fourth-order valence-electron chi connectivity index (χ4n) is 7.91. The number of fused-ring (bicyclic) bond motifs is 2. The predicted octanol–water partition coefficient (Wildman–Crippen LogP) is 10.9. The molecule has 2 aliphatic rings. The van der Waals surface area contributed by atoms with Crippen molar-refractivity contribution in [1.29, 1.82) is 0 Å². The summed E-state index contributed by atoms with van der Waals surface area (Å²) in [5.41, 5.74) is 6.62. The molecule has 0 aromatic heterocycles. The van der Waals surface area contributed by atoms with Gasteiger partial charge in [-0.05, 0) is 137 Å². The van der Waals surface area contributed by atoms with Gasteiger partial charge in [0.05, 0.1) is 22.2 Å². The number of amidine groups is 2. The van der Waals surface area contributed by atoms with E-state index in [4.69, 9.17) is 9.98 Å². The van der Waals surface area contributed by atoms with Crippen molar-refractivity contribution in [3.8, 4) is 22.3 Å². The molecular weight excluding hydrogens is 560 g/mol. The third-order valence-electron chi connectivity index (χ3n) is 11.4. The van der Waals surface area contributed by atoms with Crippen molar-refractivity contribution in [3.05, 3.63) is 97.1 Å². The number of anilines is 2. The molecule has 0 saturated heterocycles. The minimum absolute atomic E-state index is 0.156. The molecule has 5 aromatic rings. The van der Waals surface area contributed by atoms with Crippen molar-refractivity contribution in [1.82, 2.24) is 0 Å². The second kappa shape index (κ2) is 10.0. The molecule has 5 aromatic carbocycles. The first-order valence-corrected chi connectivity index (χ1v) is 16.5. The second-order valence-electron chi connectivity index (χ2n) is 15.2. The molecule has 0 bridgehead atoms. The fourth-order valence-corrected chi connectivity index (χ4v) is 7.91. The molecule has 7 rings (SSSR count). The van der Waals surface area contributed by atoms with E-state index in [-0.39, 0.29) is 22.2 Å². The van der Waals surface area contributed by atoms with Gasteiger partial charge in [-0.15, -0.1) is 0 Å². The summed E-state index contributed by atoms with van der Waals surface area (Å²) in [6, 6.07) is 35.9. The number of rotatable bonds is 4. The molecule has 0 spiro atoms. The molecule has 234 valence electrons. The lowest BCUT2D eigenvalue weighted by Gasteiger charge is -2.41. The normalized spacial score (nSPS) is 19.5. The SMILES string of the molecule is CC1=NC(C)(C)C(C)(C)N1c1cccc(-c2c3ccccc3c(-c3cccc(N4C(C)=NC(C)(C)C4(C)C)c3)c3ccccc23)c1. The number of nitrogens with zero attached hydrogens (tertiary/aromatic N) is 4. The van der Waals surface area contributed by atoms with Gasteiger partial charge < -0.3 is 9.80 Å². The molecule has 2 heterocycles. The van der Waals surface area contributed by atoms with Crippen molar-refractivity contribution in [2.24, 2.45) is 9.98 Å². The first-order valence-electron chi connectivity index (χ1n) is 16.5. The van der Waals surface area contributed by atoms with Crippen LogP contribution < -0.4 is 9.80 Å². The summed E-state index contributed by atoms with van der Waals surface area (Å²) in [5.74, 6) is 2.11. The Labute approximate surface area is 274 Å². The highest BCUT2D eigenvalue weighted by molar-refractivity contribution is 6.21. The Morgan fingerprint density at radius 3 is 1.04 bits per heavy atom. The zero-order chi connectivity index (χ0) is 32.8. The van der Waals surface area contributed by atoms with Crippen molar-refractivity contribution in [2.45, 2.75) is 91.4 Å². The molecule has 4 heteroatoms. The molecule has 0 atom stereocenters. The topological polar surface area (TPSA) is 31.2 Å². The lowest BCUT2D eigenvalue weighted by Crippen LogP contribution is -2.53. The van der Waals surface area contributed by atoms with E-state index in [1.807, 2.05) is 0 Å². The lowest BCUT2D eigenvalue weighted by molar-refractivity contribution is 0.338. The van der Waals surface area contributed by atoms with Gasteiger partial charge in [0.25, 0.3) is 0 Å². The summed E-state index contributed by atoms with van der Waals surface area (Å²) in [6.07, 6.45) is 0. The third-order valence-corrected chi connectivity index (χ3v) is 11.4. The van der Waals surface area contributed by atoms with Gasteiger partial charge in [-0.1, -0.05) is 72.8 Å². The van der Waals surface area contributed by atoms with Crippen LogP contribution >= 0.6 is 0 Å². The molecule has 0 fully saturated rings. The quantitative estimate of drug-likeness (QED) is 0.191.